The number of nitrogens with zero attached hydrogens (tertiary/aromatic N) is 3. The lowest BCUT2D eigenvalue weighted by molar-refractivity contribution is 0.0181. The van der Waals surface area contributed by atoms with Gasteiger partial charge in [-0.2, -0.15) is 0 Å². The minimum atomic E-state index is -0.536. The molecule has 7 nitrogen and oxygen atoms in total. The zero-order valence-corrected chi connectivity index (χ0v) is 21.8. The molecule has 33 heavy (non-hydrogen) atoms. The van der Waals surface area contributed by atoms with Crippen LogP contribution in [0.1, 0.15) is 38.2 Å². The Morgan fingerprint density at radius 3 is 2.36 bits per heavy atom. The molecule has 2 aromatic rings. The Hall–Kier alpha value is -2.65. The highest BCUT2D eigenvalue weighted by Gasteiger charge is 2.28. The molecule has 0 spiro atoms. The van der Waals surface area contributed by atoms with Gasteiger partial charge in [-0.1, -0.05) is 36.9 Å². The number of piperazine rings is 1. The zero-order chi connectivity index (χ0) is 24.2. The van der Waals surface area contributed by atoms with Crippen LogP contribution in [0.25, 0.3) is 12.3 Å². The van der Waals surface area contributed by atoms with Crippen molar-refractivity contribution >= 4 is 51.5 Å². The average molecular weight is 533 g/mol. The number of carbonyl (C=O) groups is 2. The maximum Gasteiger partial charge on any atom is 0.410 e. The van der Waals surface area contributed by atoms with Gasteiger partial charge < -0.3 is 19.9 Å². The van der Waals surface area contributed by atoms with Crippen LogP contribution in [0.15, 0.2) is 45.3 Å². The van der Waals surface area contributed by atoms with Gasteiger partial charge in [-0.05, 0) is 48.8 Å². The van der Waals surface area contributed by atoms with E-state index in [9.17, 15) is 9.59 Å². The van der Waals surface area contributed by atoms with Gasteiger partial charge in [0.1, 0.15) is 11.3 Å². The molecule has 1 aromatic heterocycles. The van der Waals surface area contributed by atoms with E-state index in [2.05, 4.69) is 37.7 Å². The van der Waals surface area contributed by atoms with E-state index >= 15 is 0 Å². The quantitative estimate of drug-likeness (QED) is 0.653. The van der Waals surface area contributed by atoms with Gasteiger partial charge in [0.2, 0.25) is 0 Å². The van der Waals surface area contributed by atoms with Gasteiger partial charge in [0.05, 0.1) is 11.4 Å². The summed E-state index contributed by atoms with van der Waals surface area (Å²) in [6, 6.07) is 7.82. The second kappa shape index (κ2) is 10.5. The Bertz CT molecular complexity index is 1160. The number of hydrogen-bond donors (Lipinski definition) is 1. The summed E-state index contributed by atoms with van der Waals surface area (Å²) in [6.45, 7) is 13.9. The van der Waals surface area contributed by atoms with Crippen molar-refractivity contribution in [2.45, 2.75) is 33.3 Å². The number of allylic oxidation sites excluding steroid dienone is 1. The lowest BCUT2D eigenvalue weighted by atomic mass is 10.1. The van der Waals surface area contributed by atoms with Crippen molar-refractivity contribution in [2.75, 3.05) is 26.2 Å². The van der Waals surface area contributed by atoms with Crippen LogP contribution < -0.4 is 15.8 Å². The Kier molecular flexibility index (Phi) is 7.97. The van der Waals surface area contributed by atoms with Crippen LogP contribution >= 0.6 is 27.3 Å². The van der Waals surface area contributed by atoms with Crippen molar-refractivity contribution in [3.8, 4) is 0 Å². The molecule has 2 heterocycles. The van der Waals surface area contributed by atoms with E-state index in [1.807, 2.05) is 58.0 Å². The number of aromatic nitrogens is 1. The number of rotatable bonds is 4. The zero-order valence-electron chi connectivity index (χ0n) is 19.4. The van der Waals surface area contributed by atoms with E-state index < -0.39 is 5.60 Å². The summed E-state index contributed by atoms with van der Waals surface area (Å²) in [7, 11) is 0. The first kappa shape index (κ1) is 25.0. The van der Waals surface area contributed by atoms with E-state index in [0.717, 1.165) is 16.1 Å². The molecule has 1 saturated heterocycles. The molecule has 9 heteroatoms. The Balaban J connectivity index is 1.89. The van der Waals surface area contributed by atoms with Crippen LogP contribution in [0.5, 0.6) is 0 Å². The predicted molar refractivity (Wildman–Crippen MR) is 135 cm³/mol. The number of nitrogens with one attached hydrogen (secondary N) is 1. The van der Waals surface area contributed by atoms with E-state index in [4.69, 9.17) is 4.74 Å². The van der Waals surface area contributed by atoms with Gasteiger partial charge >= 0.3 is 6.09 Å². The van der Waals surface area contributed by atoms with Crippen molar-refractivity contribution in [2.24, 2.45) is 0 Å². The lowest BCUT2D eigenvalue weighted by Gasteiger charge is -2.38. The molecule has 0 unspecified atom stereocenters. The van der Waals surface area contributed by atoms with E-state index in [1.165, 1.54) is 11.3 Å². The number of amides is 2. The van der Waals surface area contributed by atoms with E-state index in [1.54, 1.807) is 10.3 Å². The van der Waals surface area contributed by atoms with Crippen LogP contribution in [0.2, 0.25) is 0 Å². The van der Waals surface area contributed by atoms with Crippen molar-refractivity contribution in [1.29, 1.82) is 0 Å². The average Bonchev–Trinajstić information content (AvgIpc) is 3.20. The smallest absolute Gasteiger partial charge is 0.410 e. The highest BCUT2D eigenvalue weighted by atomic mass is 79.9. The monoisotopic (exact) mass is 532 g/mol. The molecule has 1 aliphatic rings. The number of carbonyl (C=O) groups excluding carboxylic acids is 2. The van der Waals surface area contributed by atoms with E-state index in [-0.39, 0.29) is 12.0 Å². The van der Waals surface area contributed by atoms with Gasteiger partial charge in [0.25, 0.3) is 5.91 Å². The SMILES string of the molecule is C=c1cccc/c1=C(/C(=C\C)NC(=O)c1csc(Br)n1)N1CCN(C(=O)OC(C)(C)C)CC1. The number of benzene rings is 1. The maximum atomic E-state index is 12.9. The highest BCUT2D eigenvalue weighted by molar-refractivity contribution is 9.11. The minimum absolute atomic E-state index is 0.281. The summed E-state index contributed by atoms with van der Waals surface area (Å²) in [4.78, 5) is 33.5. The molecular formula is C24H29BrN4O3S. The first-order valence-corrected chi connectivity index (χ1v) is 12.4. The van der Waals surface area contributed by atoms with Gasteiger partial charge in [-0.25, -0.2) is 9.78 Å². The molecule has 2 amide bonds. The second-order valence-electron chi connectivity index (χ2n) is 8.60. The van der Waals surface area contributed by atoms with Crippen LogP contribution in [0, 0.1) is 0 Å². The summed E-state index contributed by atoms with van der Waals surface area (Å²) in [5, 5.41) is 6.51. The third-order valence-corrected chi connectivity index (χ3v) is 6.39. The Morgan fingerprint density at radius 2 is 1.82 bits per heavy atom. The number of hydrogen-bond acceptors (Lipinski definition) is 6. The standard InChI is InChI=1S/C24H29BrN4O3S/c1-6-18(26-21(30)19-15-33-22(25)27-19)20(17-10-8-7-9-16(17)2)28-11-13-29(14-12-28)23(31)32-24(3,4)5/h6-10,15H,2,11-14H2,1,3-5H3,(H,26,30)/b18-6+,20-17+. The number of thiazole rings is 1. The van der Waals surface area contributed by atoms with Crippen molar-refractivity contribution in [1.82, 2.24) is 20.1 Å². The fourth-order valence-electron chi connectivity index (χ4n) is 3.49. The minimum Gasteiger partial charge on any atom is -0.444 e. The van der Waals surface area contributed by atoms with Crippen molar-refractivity contribution in [3.63, 3.8) is 0 Å². The fraction of sp³-hybridized carbons (Fsp3) is 0.375. The topological polar surface area (TPSA) is 74.8 Å². The third-order valence-electron chi connectivity index (χ3n) is 5.02. The van der Waals surface area contributed by atoms with Crippen molar-refractivity contribution < 1.29 is 14.3 Å². The predicted octanol–water partition coefficient (Wildman–Crippen LogP) is 3.31. The summed E-state index contributed by atoms with van der Waals surface area (Å²) < 4.78 is 6.18. The molecular weight excluding hydrogens is 504 g/mol. The number of ether oxygens (including phenoxy) is 1. The normalized spacial score (nSPS) is 15.8. The van der Waals surface area contributed by atoms with Crippen LogP contribution in [-0.2, 0) is 4.74 Å². The van der Waals surface area contributed by atoms with Crippen LogP contribution in [-0.4, -0.2) is 58.6 Å². The molecule has 1 aromatic carbocycles. The maximum absolute atomic E-state index is 12.9. The molecule has 3 rings (SSSR count). The summed E-state index contributed by atoms with van der Waals surface area (Å²) >= 11 is 4.66. The largest absolute Gasteiger partial charge is 0.444 e. The van der Waals surface area contributed by atoms with Gasteiger partial charge in [0.15, 0.2) is 3.92 Å². The highest BCUT2D eigenvalue weighted by Crippen LogP contribution is 2.20. The van der Waals surface area contributed by atoms with Crippen molar-refractivity contribution in [3.05, 3.63) is 61.5 Å². The van der Waals surface area contributed by atoms with Gasteiger partial charge in [-0.15, -0.1) is 11.3 Å². The molecule has 1 aliphatic heterocycles. The third kappa shape index (κ3) is 6.45. The molecule has 1 N–H and O–H groups in total. The van der Waals surface area contributed by atoms with Crippen LogP contribution in [0.4, 0.5) is 4.79 Å². The fourth-order valence-corrected chi connectivity index (χ4v) is 4.48. The summed E-state index contributed by atoms with van der Waals surface area (Å²) in [6.07, 6.45) is 1.57. The number of halogens is 1. The van der Waals surface area contributed by atoms with Gasteiger partial charge in [0, 0.05) is 36.8 Å². The molecule has 0 aliphatic carbocycles. The van der Waals surface area contributed by atoms with E-state index in [0.29, 0.717) is 41.5 Å². The molecule has 0 atom stereocenters. The molecule has 1 fully saturated rings. The molecule has 0 bridgehead atoms. The van der Waals surface area contributed by atoms with Crippen LogP contribution in [0.3, 0.4) is 0 Å². The first-order chi connectivity index (χ1) is 15.6. The lowest BCUT2D eigenvalue weighted by Crippen LogP contribution is -2.51. The Labute approximate surface area is 206 Å². The molecule has 0 radical (unpaired) electrons. The summed E-state index contributed by atoms with van der Waals surface area (Å²) in [5.41, 5.74) is 1.36. The second-order valence-corrected chi connectivity index (χ2v) is 10.7. The Morgan fingerprint density at radius 1 is 1.18 bits per heavy atom. The molecule has 176 valence electrons. The van der Waals surface area contributed by atoms with Gasteiger partial charge in [-0.3, -0.25) is 4.79 Å². The molecule has 0 saturated carbocycles. The first-order valence-electron chi connectivity index (χ1n) is 10.7. The summed E-state index contributed by atoms with van der Waals surface area (Å²) in [5.74, 6) is -0.281.